The molecule has 4 heterocycles. The lowest BCUT2D eigenvalue weighted by molar-refractivity contribution is 0.0693. The van der Waals surface area contributed by atoms with Crippen molar-refractivity contribution in [2.24, 2.45) is 5.41 Å². The number of pyridine rings is 1. The highest BCUT2D eigenvalue weighted by Gasteiger charge is 2.34. The molecule has 5 rings (SSSR count). The molecule has 188 valence electrons. The number of nitrogens with zero attached hydrogens (tertiary/aromatic N) is 4. The molecule has 0 spiro atoms. The number of morpholine rings is 1. The van der Waals surface area contributed by atoms with Gasteiger partial charge < -0.3 is 24.0 Å². The highest BCUT2D eigenvalue weighted by Crippen LogP contribution is 2.45. The molecule has 0 saturated carbocycles. The Balaban J connectivity index is 1.62. The van der Waals surface area contributed by atoms with Gasteiger partial charge in [0.1, 0.15) is 11.3 Å². The van der Waals surface area contributed by atoms with Crippen molar-refractivity contribution >= 4 is 11.9 Å². The van der Waals surface area contributed by atoms with Crippen LogP contribution in [0.25, 0.3) is 22.4 Å². The van der Waals surface area contributed by atoms with Gasteiger partial charge in [-0.15, -0.1) is 0 Å². The molecule has 2 aliphatic heterocycles. The second kappa shape index (κ2) is 9.05. The van der Waals surface area contributed by atoms with Crippen LogP contribution in [0.3, 0.4) is 0 Å². The Morgan fingerprint density at radius 3 is 2.42 bits per heavy atom. The highest BCUT2D eigenvalue weighted by molar-refractivity contribution is 5.88. The summed E-state index contributed by atoms with van der Waals surface area (Å²) in [6.07, 6.45) is 5.78. The van der Waals surface area contributed by atoms with Gasteiger partial charge in [-0.2, -0.15) is 0 Å². The summed E-state index contributed by atoms with van der Waals surface area (Å²) in [5, 5.41) is 9.54. The van der Waals surface area contributed by atoms with Crippen molar-refractivity contribution in [2.75, 3.05) is 38.3 Å². The Bertz CT molecular complexity index is 1370. The number of anilines is 1. The number of carboxylic acids is 1. The van der Waals surface area contributed by atoms with Crippen LogP contribution < -0.4 is 15.1 Å². The Labute approximate surface area is 209 Å². The van der Waals surface area contributed by atoms with Gasteiger partial charge in [-0.05, 0) is 29.5 Å². The normalized spacial score (nSPS) is 17.3. The quantitative estimate of drug-likeness (QED) is 0.591. The highest BCUT2D eigenvalue weighted by atomic mass is 16.5. The van der Waals surface area contributed by atoms with Crippen LogP contribution in [0.15, 0.2) is 41.6 Å². The zero-order valence-corrected chi connectivity index (χ0v) is 20.9. The van der Waals surface area contributed by atoms with Crippen molar-refractivity contribution in [3.8, 4) is 28.1 Å². The van der Waals surface area contributed by atoms with Crippen LogP contribution in [0, 0.1) is 5.41 Å². The molecule has 1 fully saturated rings. The average molecular weight is 491 g/mol. The van der Waals surface area contributed by atoms with Gasteiger partial charge in [0.15, 0.2) is 5.43 Å². The van der Waals surface area contributed by atoms with Crippen molar-refractivity contribution in [1.82, 2.24) is 14.5 Å². The minimum absolute atomic E-state index is 0.0418. The summed E-state index contributed by atoms with van der Waals surface area (Å²) in [6.45, 7) is 9.21. The van der Waals surface area contributed by atoms with Crippen molar-refractivity contribution in [1.29, 1.82) is 0 Å². The third-order valence-electron chi connectivity index (χ3n) is 7.00. The summed E-state index contributed by atoms with van der Waals surface area (Å²) >= 11 is 0. The molecule has 0 radical (unpaired) electrons. The first-order chi connectivity index (χ1) is 17.2. The minimum Gasteiger partial charge on any atom is -0.496 e. The fourth-order valence-corrected chi connectivity index (χ4v) is 5.03. The number of benzene rings is 1. The van der Waals surface area contributed by atoms with Crippen molar-refractivity contribution in [3.05, 3.63) is 58.1 Å². The van der Waals surface area contributed by atoms with E-state index in [9.17, 15) is 14.7 Å². The van der Waals surface area contributed by atoms with Crippen molar-refractivity contribution < 1.29 is 19.4 Å². The van der Waals surface area contributed by atoms with Crippen LogP contribution in [-0.2, 0) is 11.2 Å². The lowest BCUT2D eigenvalue weighted by Gasteiger charge is -2.39. The molecule has 0 bridgehead atoms. The summed E-state index contributed by atoms with van der Waals surface area (Å²) in [5.74, 6) is 0.0866. The smallest absolute Gasteiger partial charge is 0.341 e. The molecule has 0 amide bonds. The molecular formula is C27H30N4O5. The van der Waals surface area contributed by atoms with E-state index in [1.165, 1.54) is 12.3 Å². The Morgan fingerprint density at radius 1 is 1.11 bits per heavy atom. The number of aromatic nitrogens is 3. The second-order valence-corrected chi connectivity index (χ2v) is 10.3. The maximum Gasteiger partial charge on any atom is 0.341 e. The number of methoxy groups -OCH3 is 1. The van der Waals surface area contributed by atoms with Crippen LogP contribution in [0.4, 0.5) is 5.95 Å². The van der Waals surface area contributed by atoms with Gasteiger partial charge in [0.25, 0.3) is 0 Å². The SMILES string of the molecule is COc1cc2c(cc1-c1cnc(N3CCOCC3)nc1)CC(C(C)(C)C)n1cc(C(=O)O)c(=O)cc1-2. The van der Waals surface area contributed by atoms with E-state index in [2.05, 4.69) is 41.7 Å². The molecular weight excluding hydrogens is 460 g/mol. The molecule has 9 heteroatoms. The predicted molar refractivity (Wildman–Crippen MR) is 136 cm³/mol. The Morgan fingerprint density at radius 2 is 1.81 bits per heavy atom. The summed E-state index contributed by atoms with van der Waals surface area (Å²) in [4.78, 5) is 35.6. The Kier molecular flexibility index (Phi) is 6.04. The number of ether oxygens (including phenoxy) is 2. The third-order valence-corrected chi connectivity index (χ3v) is 7.00. The second-order valence-electron chi connectivity index (χ2n) is 10.3. The average Bonchev–Trinajstić information content (AvgIpc) is 2.87. The van der Waals surface area contributed by atoms with E-state index in [0.29, 0.717) is 37.0 Å². The third kappa shape index (κ3) is 4.24. The number of carboxylic acid groups (broad SMARTS) is 1. The molecule has 0 aliphatic carbocycles. The van der Waals surface area contributed by atoms with Crippen molar-refractivity contribution in [2.45, 2.75) is 33.2 Å². The molecule has 1 unspecified atom stereocenters. The molecule has 2 aromatic heterocycles. The first kappa shape index (κ1) is 24.0. The topological polar surface area (TPSA) is 107 Å². The van der Waals surface area contributed by atoms with E-state index < -0.39 is 11.4 Å². The van der Waals surface area contributed by atoms with Crippen LogP contribution >= 0.6 is 0 Å². The first-order valence-corrected chi connectivity index (χ1v) is 12.0. The summed E-state index contributed by atoms with van der Waals surface area (Å²) in [6, 6.07) is 5.39. The molecule has 1 aromatic carbocycles. The standard InChI is InChI=1S/C27H30N4O5/c1-27(2,3)24-10-16-9-19(17-13-28-26(29-14-17)30-5-7-36-8-6-30)23(35-4)11-18(16)21-12-22(32)20(25(33)34)15-31(21)24/h9,11-15,24H,5-8,10H2,1-4H3,(H,33,34). The lowest BCUT2D eigenvalue weighted by Crippen LogP contribution is -2.37. The van der Waals surface area contributed by atoms with E-state index in [0.717, 1.165) is 35.3 Å². The molecule has 9 nitrogen and oxygen atoms in total. The molecule has 3 aromatic rings. The largest absolute Gasteiger partial charge is 0.496 e. The van der Waals surface area contributed by atoms with E-state index in [1.807, 2.05) is 23.0 Å². The van der Waals surface area contributed by atoms with E-state index in [4.69, 9.17) is 9.47 Å². The molecule has 2 aliphatic rings. The molecule has 1 saturated heterocycles. The number of rotatable bonds is 4. The van der Waals surface area contributed by atoms with Gasteiger partial charge in [0.2, 0.25) is 5.95 Å². The fourth-order valence-electron chi connectivity index (χ4n) is 5.03. The van der Waals surface area contributed by atoms with E-state index >= 15 is 0 Å². The number of hydrogen-bond donors (Lipinski definition) is 1. The zero-order chi connectivity index (χ0) is 25.6. The maximum atomic E-state index is 12.7. The number of hydrogen-bond acceptors (Lipinski definition) is 7. The minimum atomic E-state index is -1.22. The monoisotopic (exact) mass is 490 g/mol. The molecule has 1 atom stereocenters. The zero-order valence-electron chi connectivity index (χ0n) is 20.9. The van der Waals surface area contributed by atoms with Gasteiger partial charge in [0.05, 0.1) is 26.0 Å². The number of carbonyl (C=O) groups is 1. The van der Waals surface area contributed by atoms with Crippen LogP contribution in [0.1, 0.15) is 42.7 Å². The predicted octanol–water partition coefficient (Wildman–Crippen LogP) is 3.66. The van der Waals surface area contributed by atoms with Gasteiger partial charge in [-0.3, -0.25) is 4.79 Å². The first-order valence-electron chi connectivity index (χ1n) is 12.0. The van der Waals surface area contributed by atoms with Gasteiger partial charge in [-0.1, -0.05) is 20.8 Å². The van der Waals surface area contributed by atoms with Crippen LogP contribution in [-0.4, -0.2) is 59.0 Å². The summed E-state index contributed by atoms with van der Waals surface area (Å²) < 4.78 is 13.1. The number of fused-ring (bicyclic) bond motifs is 3. The fraction of sp³-hybridized carbons (Fsp3) is 0.407. The van der Waals surface area contributed by atoms with Gasteiger partial charge in [-0.25, -0.2) is 14.8 Å². The maximum absolute atomic E-state index is 12.7. The van der Waals surface area contributed by atoms with Crippen molar-refractivity contribution in [3.63, 3.8) is 0 Å². The number of aromatic carboxylic acids is 1. The molecule has 36 heavy (non-hydrogen) atoms. The Hall–Kier alpha value is -3.72. The van der Waals surface area contributed by atoms with E-state index in [1.54, 1.807) is 7.11 Å². The summed E-state index contributed by atoms with van der Waals surface area (Å²) in [7, 11) is 1.61. The lowest BCUT2D eigenvalue weighted by atomic mass is 9.78. The molecule has 1 N–H and O–H groups in total. The van der Waals surface area contributed by atoms with Crippen LogP contribution in [0.2, 0.25) is 0 Å². The van der Waals surface area contributed by atoms with Gasteiger partial charge in [0, 0.05) is 60.5 Å². The van der Waals surface area contributed by atoms with E-state index in [-0.39, 0.29) is 17.0 Å². The van der Waals surface area contributed by atoms with Crippen LogP contribution in [0.5, 0.6) is 5.75 Å². The summed E-state index contributed by atoms with van der Waals surface area (Å²) in [5.41, 5.74) is 3.40. The van der Waals surface area contributed by atoms with Gasteiger partial charge >= 0.3 is 5.97 Å².